The number of halogens is 1. The van der Waals surface area contributed by atoms with Crippen molar-refractivity contribution in [3.8, 4) is 0 Å². The molecule has 1 saturated heterocycles. The highest BCUT2D eigenvalue weighted by Gasteiger charge is 2.38. The Hall–Kier alpha value is -2.57. The van der Waals surface area contributed by atoms with Crippen molar-refractivity contribution in [3.63, 3.8) is 0 Å². The Bertz CT molecular complexity index is 1020. The van der Waals surface area contributed by atoms with Gasteiger partial charge < -0.3 is 10.2 Å². The standard InChI is InChI=1S/C20H16ClN3O2S/c1-2-11-24-15-10-6-3-7-12(15)16(19(24)26)17-18(25)23-20(27-17)22-14-9-5-4-8-13(14)21/h3-10H,2,11H2,1H3,(H,22,23,25)/b17-16+. The molecule has 2 aliphatic heterocycles. The molecule has 2 amide bonds. The zero-order chi connectivity index (χ0) is 19.0. The van der Waals surface area contributed by atoms with Gasteiger partial charge in [0.05, 0.1) is 26.9 Å². The van der Waals surface area contributed by atoms with E-state index in [1.807, 2.05) is 43.3 Å². The van der Waals surface area contributed by atoms with Gasteiger partial charge in [0.15, 0.2) is 5.17 Å². The van der Waals surface area contributed by atoms with E-state index in [2.05, 4.69) is 10.3 Å². The van der Waals surface area contributed by atoms with E-state index in [1.54, 1.807) is 17.0 Å². The van der Waals surface area contributed by atoms with Gasteiger partial charge in [-0.05, 0) is 36.4 Å². The third-order valence-electron chi connectivity index (χ3n) is 4.30. The number of carbonyl (C=O) groups excluding carboxylic acids is 2. The average Bonchev–Trinajstić information content (AvgIpc) is 3.15. The summed E-state index contributed by atoms with van der Waals surface area (Å²) in [5.41, 5.74) is 2.63. The van der Waals surface area contributed by atoms with E-state index in [-0.39, 0.29) is 11.8 Å². The monoisotopic (exact) mass is 397 g/mol. The summed E-state index contributed by atoms with van der Waals surface area (Å²) in [5, 5.41) is 3.65. The van der Waals surface area contributed by atoms with Gasteiger partial charge in [0.2, 0.25) is 0 Å². The molecule has 27 heavy (non-hydrogen) atoms. The Labute approximate surface area is 166 Å². The fourth-order valence-corrected chi connectivity index (χ4v) is 4.24. The number of amides is 2. The van der Waals surface area contributed by atoms with E-state index in [0.29, 0.717) is 32.9 Å². The van der Waals surface area contributed by atoms with Gasteiger partial charge in [0.25, 0.3) is 11.8 Å². The van der Waals surface area contributed by atoms with E-state index in [4.69, 9.17) is 11.6 Å². The first kappa shape index (κ1) is 17.8. The summed E-state index contributed by atoms with van der Waals surface area (Å²) in [6.07, 6.45) is 0.835. The second kappa shape index (κ2) is 7.21. The number of aliphatic imine (C=N–C) groups is 1. The largest absolute Gasteiger partial charge is 0.308 e. The number of benzene rings is 2. The maximum absolute atomic E-state index is 13.0. The highest BCUT2D eigenvalue weighted by molar-refractivity contribution is 8.18. The molecule has 0 unspecified atom stereocenters. The summed E-state index contributed by atoms with van der Waals surface area (Å²) >= 11 is 7.31. The Balaban J connectivity index is 1.76. The van der Waals surface area contributed by atoms with Crippen LogP contribution in [0.15, 0.2) is 58.4 Å². The zero-order valence-electron chi connectivity index (χ0n) is 14.5. The molecule has 0 atom stereocenters. The third kappa shape index (κ3) is 3.15. The summed E-state index contributed by atoms with van der Waals surface area (Å²) in [6.45, 7) is 2.63. The number of thioether (sulfide) groups is 1. The molecule has 0 bridgehead atoms. The van der Waals surface area contributed by atoms with Gasteiger partial charge in [-0.3, -0.25) is 9.59 Å². The van der Waals surface area contributed by atoms with Crippen LogP contribution < -0.4 is 10.2 Å². The van der Waals surface area contributed by atoms with Gasteiger partial charge in [-0.2, -0.15) is 0 Å². The van der Waals surface area contributed by atoms with Crippen molar-refractivity contribution in [2.75, 3.05) is 11.4 Å². The van der Waals surface area contributed by atoms with Crippen LogP contribution >= 0.6 is 23.4 Å². The highest BCUT2D eigenvalue weighted by atomic mass is 35.5. The van der Waals surface area contributed by atoms with Crippen LogP contribution in [0.4, 0.5) is 11.4 Å². The number of fused-ring (bicyclic) bond motifs is 1. The van der Waals surface area contributed by atoms with Gasteiger partial charge in [-0.1, -0.05) is 48.9 Å². The van der Waals surface area contributed by atoms with Gasteiger partial charge in [-0.15, -0.1) is 0 Å². The molecule has 2 aromatic rings. The molecule has 7 heteroatoms. The molecule has 5 nitrogen and oxygen atoms in total. The third-order valence-corrected chi connectivity index (χ3v) is 5.60. The van der Waals surface area contributed by atoms with Crippen molar-refractivity contribution < 1.29 is 9.59 Å². The average molecular weight is 398 g/mol. The molecule has 0 aliphatic carbocycles. The predicted octanol–water partition coefficient (Wildman–Crippen LogP) is 4.36. The normalized spacial score (nSPS) is 20.4. The van der Waals surface area contributed by atoms with E-state index in [9.17, 15) is 9.59 Å². The lowest BCUT2D eigenvalue weighted by Crippen LogP contribution is -2.27. The fraction of sp³-hybridized carbons (Fsp3) is 0.150. The number of nitrogens with one attached hydrogen (secondary N) is 1. The molecule has 0 radical (unpaired) electrons. The first-order valence-electron chi connectivity index (χ1n) is 8.58. The molecule has 4 rings (SSSR count). The Morgan fingerprint density at radius 3 is 2.63 bits per heavy atom. The zero-order valence-corrected chi connectivity index (χ0v) is 16.1. The van der Waals surface area contributed by atoms with Gasteiger partial charge in [0, 0.05) is 12.1 Å². The summed E-state index contributed by atoms with van der Waals surface area (Å²) in [5.74, 6) is -0.461. The first-order valence-corrected chi connectivity index (χ1v) is 9.77. The number of amidine groups is 1. The summed E-state index contributed by atoms with van der Waals surface area (Å²) in [7, 11) is 0. The minimum atomic E-state index is -0.317. The fourth-order valence-electron chi connectivity index (χ4n) is 3.13. The van der Waals surface area contributed by atoms with Gasteiger partial charge >= 0.3 is 0 Å². The molecule has 1 fully saturated rings. The van der Waals surface area contributed by atoms with Gasteiger partial charge in [0.1, 0.15) is 0 Å². The summed E-state index contributed by atoms with van der Waals surface area (Å²) in [4.78, 5) is 32.1. The van der Waals surface area contributed by atoms with E-state index >= 15 is 0 Å². The smallest absolute Gasteiger partial charge is 0.264 e. The highest BCUT2D eigenvalue weighted by Crippen LogP contribution is 2.43. The molecule has 136 valence electrons. The minimum absolute atomic E-state index is 0.144. The second-order valence-electron chi connectivity index (χ2n) is 6.10. The lowest BCUT2D eigenvalue weighted by molar-refractivity contribution is -0.116. The number of hydrogen-bond donors (Lipinski definition) is 1. The Morgan fingerprint density at radius 2 is 1.85 bits per heavy atom. The van der Waals surface area contributed by atoms with Crippen molar-refractivity contribution in [1.29, 1.82) is 0 Å². The summed E-state index contributed by atoms with van der Waals surface area (Å²) < 4.78 is 0. The van der Waals surface area contributed by atoms with E-state index < -0.39 is 0 Å². The van der Waals surface area contributed by atoms with Crippen molar-refractivity contribution in [2.45, 2.75) is 13.3 Å². The molecular formula is C20H16ClN3O2S. The van der Waals surface area contributed by atoms with Crippen LogP contribution in [0.1, 0.15) is 18.9 Å². The quantitative estimate of drug-likeness (QED) is 0.783. The number of para-hydroxylation sites is 2. The lowest BCUT2D eigenvalue weighted by Gasteiger charge is -2.15. The van der Waals surface area contributed by atoms with Crippen LogP contribution in [0.2, 0.25) is 5.02 Å². The van der Waals surface area contributed by atoms with Crippen LogP contribution in [0, 0.1) is 0 Å². The molecule has 0 spiro atoms. The minimum Gasteiger partial charge on any atom is -0.308 e. The molecule has 2 heterocycles. The van der Waals surface area contributed by atoms with Crippen LogP contribution in [0.3, 0.4) is 0 Å². The SMILES string of the molecule is CCCN1C(=O)/C(=C2/SC(=Nc3ccccc3Cl)NC2=O)c2ccccc21. The molecule has 2 aromatic carbocycles. The number of hydrogen-bond acceptors (Lipinski definition) is 4. The topological polar surface area (TPSA) is 61.8 Å². The molecule has 0 saturated carbocycles. The van der Waals surface area contributed by atoms with Crippen molar-refractivity contribution >= 4 is 57.3 Å². The molecule has 1 N–H and O–H groups in total. The number of nitrogens with zero attached hydrogens (tertiary/aromatic N) is 2. The van der Waals surface area contributed by atoms with Crippen LogP contribution in [0.5, 0.6) is 0 Å². The van der Waals surface area contributed by atoms with Crippen molar-refractivity contribution in [2.24, 2.45) is 4.99 Å². The van der Waals surface area contributed by atoms with Crippen LogP contribution in [-0.2, 0) is 9.59 Å². The number of carbonyl (C=O) groups is 2. The second-order valence-corrected chi connectivity index (χ2v) is 7.51. The van der Waals surface area contributed by atoms with E-state index in [1.165, 1.54) is 11.8 Å². The first-order chi connectivity index (χ1) is 13.1. The molecule has 0 aromatic heterocycles. The maximum Gasteiger partial charge on any atom is 0.264 e. The molecule has 2 aliphatic rings. The Morgan fingerprint density at radius 1 is 1.11 bits per heavy atom. The van der Waals surface area contributed by atoms with Crippen LogP contribution in [-0.4, -0.2) is 23.5 Å². The van der Waals surface area contributed by atoms with Crippen LogP contribution in [0.25, 0.3) is 5.57 Å². The van der Waals surface area contributed by atoms with E-state index in [0.717, 1.165) is 17.7 Å². The molecular weight excluding hydrogens is 382 g/mol. The Kier molecular flexibility index (Phi) is 4.76. The number of rotatable bonds is 3. The van der Waals surface area contributed by atoms with Crippen molar-refractivity contribution in [3.05, 3.63) is 64.0 Å². The predicted molar refractivity (Wildman–Crippen MR) is 110 cm³/mol. The summed E-state index contributed by atoms with van der Waals surface area (Å²) in [6, 6.07) is 14.7. The van der Waals surface area contributed by atoms with Gasteiger partial charge in [-0.25, -0.2) is 4.99 Å². The number of anilines is 1. The maximum atomic E-state index is 13.0. The van der Waals surface area contributed by atoms with Crippen molar-refractivity contribution in [1.82, 2.24) is 5.32 Å². The lowest BCUT2D eigenvalue weighted by atomic mass is 10.1.